The number of aromatic nitrogens is 1. The molecule has 10 heteroatoms. The van der Waals surface area contributed by atoms with E-state index in [0.717, 1.165) is 11.6 Å². The van der Waals surface area contributed by atoms with E-state index in [0.29, 0.717) is 11.4 Å². The minimum absolute atomic E-state index is 0.217. The van der Waals surface area contributed by atoms with Gasteiger partial charge in [0.25, 0.3) is 0 Å². The van der Waals surface area contributed by atoms with E-state index in [2.05, 4.69) is 14.5 Å². The van der Waals surface area contributed by atoms with Crippen LogP contribution >= 0.6 is 0 Å². The molecule has 0 fully saturated rings. The van der Waals surface area contributed by atoms with Gasteiger partial charge in [-0.1, -0.05) is 12.1 Å². The zero-order valence-corrected chi connectivity index (χ0v) is 19.3. The summed E-state index contributed by atoms with van der Waals surface area (Å²) >= 11 is 0. The van der Waals surface area contributed by atoms with Crippen molar-refractivity contribution in [1.29, 1.82) is 0 Å². The van der Waals surface area contributed by atoms with Crippen molar-refractivity contribution >= 4 is 17.3 Å². The highest BCUT2D eigenvalue weighted by Crippen LogP contribution is 2.37. The van der Waals surface area contributed by atoms with Crippen LogP contribution in [0, 0.1) is 0 Å². The Morgan fingerprint density at radius 3 is 2.23 bits per heavy atom. The Morgan fingerprint density at radius 2 is 1.60 bits per heavy atom. The molecule has 0 saturated carbocycles. The summed E-state index contributed by atoms with van der Waals surface area (Å²) < 4.78 is 65.7. The van der Waals surface area contributed by atoms with Gasteiger partial charge in [-0.3, -0.25) is 4.98 Å². The quantitative estimate of drug-likeness (QED) is 0.249. The van der Waals surface area contributed by atoms with Crippen LogP contribution in [0.25, 0.3) is 0 Å². The number of benzene rings is 2. The third-order valence-corrected chi connectivity index (χ3v) is 4.53. The first-order chi connectivity index (χ1) is 16.5. The molecule has 0 aliphatic rings. The number of carbonyl (C=O) groups excluding carboxylic acids is 1. The van der Waals surface area contributed by atoms with Crippen molar-refractivity contribution < 1.29 is 36.6 Å². The van der Waals surface area contributed by atoms with Crippen molar-refractivity contribution in [3.05, 3.63) is 78.1 Å². The van der Waals surface area contributed by atoms with E-state index in [4.69, 9.17) is 4.74 Å². The zero-order chi connectivity index (χ0) is 25.6. The highest BCUT2D eigenvalue weighted by Gasteiger charge is 2.21. The fourth-order valence-electron chi connectivity index (χ4n) is 3.19. The van der Waals surface area contributed by atoms with Crippen LogP contribution in [0.15, 0.2) is 67.0 Å². The molecule has 1 heterocycles. The van der Waals surface area contributed by atoms with Crippen molar-refractivity contribution in [1.82, 2.24) is 4.98 Å². The lowest BCUT2D eigenvalue weighted by Gasteiger charge is -2.27. The van der Waals surface area contributed by atoms with Gasteiger partial charge in [0, 0.05) is 36.4 Å². The van der Waals surface area contributed by atoms with Crippen molar-refractivity contribution in [3.8, 4) is 11.5 Å². The summed E-state index contributed by atoms with van der Waals surface area (Å²) in [5.41, 5.74) is 1.18. The minimum atomic E-state index is -3.26. The van der Waals surface area contributed by atoms with Gasteiger partial charge in [0.05, 0.1) is 5.56 Å². The number of rotatable bonds is 9. The number of hydrogen-bond donors (Lipinski definition) is 0. The Morgan fingerprint density at radius 1 is 0.914 bits per heavy atom. The number of halogens is 4. The zero-order valence-electron chi connectivity index (χ0n) is 19.3. The monoisotopic (exact) mass is 492 g/mol. The number of hydrogen-bond acceptors (Lipinski definition) is 6. The second kappa shape index (κ2) is 11.1. The first-order valence-corrected chi connectivity index (χ1v) is 10.6. The summed E-state index contributed by atoms with van der Waals surface area (Å²) in [6, 6.07) is 13.8. The molecule has 1 aromatic heterocycles. The average Bonchev–Trinajstić information content (AvgIpc) is 2.78. The van der Waals surface area contributed by atoms with Crippen LogP contribution in [0.5, 0.6) is 11.5 Å². The molecule has 0 atom stereocenters. The molecule has 0 bridgehead atoms. The first-order valence-electron chi connectivity index (χ1n) is 10.6. The second-order valence-corrected chi connectivity index (χ2v) is 8.39. The fraction of sp³-hybridized carbons (Fsp3) is 0.280. The van der Waals surface area contributed by atoms with E-state index in [1.54, 1.807) is 68.4 Å². The predicted molar refractivity (Wildman–Crippen MR) is 121 cm³/mol. The molecular weight excluding hydrogens is 468 g/mol. The molecular formula is C25H24F4N2O4. The average molecular weight is 492 g/mol. The molecule has 3 aromatic rings. The predicted octanol–water partition coefficient (Wildman–Crippen LogP) is 6.58. The third kappa shape index (κ3) is 7.59. The third-order valence-electron chi connectivity index (χ3n) is 4.53. The highest BCUT2D eigenvalue weighted by molar-refractivity contribution is 5.91. The molecule has 0 aliphatic heterocycles. The number of alkyl halides is 4. The maximum absolute atomic E-state index is 13.0. The van der Waals surface area contributed by atoms with Crippen LogP contribution in [-0.2, 0) is 11.3 Å². The molecule has 0 amide bonds. The smallest absolute Gasteiger partial charge is 0.387 e. The van der Waals surface area contributed by atoms with Crippen LogP contribution < -0.4 is 14.4 Å². The number of anilines is 2. The summed E-state index contributed by atoms with van der Waals surface area (Å²) in [5.74, 6) is -1.63. The maximum Gasteiger partial charge on any atom is 0.387 e. The lowest BCUT2D eigenvalue weighted by molar-refractivity contribution is -0.0692. The number of pyridine rings is 1. The first kappa shape index (κ1) is 25.8. The molecule has 35 heavy (non-hydrogen) atoms. The number of nitrogens with zero attached hydrogens (tertiary/aromatic N) is 2. The molecule has 186 valence electrons. The van der Waals surface area contributed by atoms with E-state index < -0.39 is 36.3 Å². The standard InChI is InChI=1S/C25H24F4N2O4/c1-25(2,3)35-22(32)17-7-4-8-18(12-17)31(15-16-6-5-11-30-14-16)19-9-10-20(33-23(26)27)21(13-19)34-24(28)29/h4-14,23-24H,15H2,1-3H3. The van der Waals surface area contributed by atoms with Crippen molar-refractivity contribution in [2.45, 2.75) is 46.1 Å². The molecule has 0 unspecified atom stereocenters. The summed E-state index contributed by atoms with van der Waals surface area (Å²) in [4.78, 5) is 18.4. The lowest BCUT2D eigenvalue weighted by atomic mass is 10.1. The van der Waals surface area contributed by atoms with Crippen LogP contribution in [-0.4, -0.2) is 29.8 Å². The molecule has 0 spiro atoms. The number of carbonyl (C=O) groups is 1. The molecule has 2 aromatic carbocycles. The van der Waals surface area contributed by atoms with E-state index in [9.17, 15) is 22.4 Å². The van der Waals surface area contributed by atoms with Crippen LogP contribution in [0.1, 0.15) is 36.7 Å². The molecule has 6 nitrogen and oxygen atoms in total. The molecule has 0 N–H and O–H groups in total. The Balaban J connectivity index is 2.06. The van der Waals surface area contributed by atoms with E-state index in [-0.39, 0.29) is 12.1 Å². The largest absolute Gasteiger partial charge is 0.456 e. The summed E-state index contributed by atoms with van der Waals surface area (Å²) in [7, 11) is 0. The number of ether oxygens (including phenoxy) is 3. The topological polar surface area (TPSA) is 60.9 Å². The van der Waals surface area contributed by atoms with Gasteiger partial charge in [-0.25, -0.2) is 4.79 Å². The van der Waals surface area contributed by atoms with Crippen molar-refractivity contribution in [2.75, 3.05) is 4.90 Å². The van der Waals surface area contributed by atoms with Gasteiger partial charge in [-0.15, -0.1) is 0 Å². The Hall–Kier alpha value is -3.82. The van der Waals surface area contributed by atoms with Gasteiger partial charge in [0.15, 0.2) is 11.5 Å². The van der Waals surface area contributed by atoms with Gasteiger partial charge < -0.3 is 19.1 Å². The van der Waals surface area contributed by atoms with E-state index >= 15 is 0 Å². The van der Waals surface area contributed by atoms with Crippen LogP contribution in [0.2, 0.25) is 0 Å². The van der Waals surface area contributed by atoms with Gasteiger partial charge >= 0.3 is 19.2 Å². The molecule has 0 radical (unpaired) electrons. The summed E-state index contributed by atoms with van der Waals surface area (Å²) in [5, 5.41) is 0. The molecule has 0 aliphatic carbocycles. The van der Waals surface area contributed by atoms with E-state index in [1.807, 2.05) is 6.07 Å². The summed E-state index contributed by atoms with van der Waals surface area (Å²) in [6.07, 6.45) is 3.22. The Kier molecular flexibility index (Phi) is 8.16. The van der Waals surface area contributed by atoms with Gasteiger partial charge in [-0.2, -0.15) is 17.6 Å². The molecule has 0 saturated heterocycles. The number of esters is 1. The molecule has 3 rings (SSSR count). The van der Waals surface area contributed by atoms with E-state index in [1.165, 1.54) is 12.1 Å². The minimum Gasteiger partial charge on any atom is -0.456 e. The SMILES string of the molecule is CC(C)(C)OC(=O)c1cccc(N(Cc2cccnc2)c2ccc(OC(F)F)c(OC(F)F)c2)c1. The second-order valence-electron chi connectivity index (χ2n) is 8.39. The normalized spacial score (nSPS) is 11.5. The maximum atomic E-state index is 13.0. The fourth-order valence-corrected chi connectivity index (χ4v) is 3.19. The Labute approximate surface area is 200 Å². The lowest BCUT2D eigenvalue weighted by Crippen LogP contribution is -2.24. The van der Waals surface area contributed by atoms with Crippen LogP contribution in [0.4, 0.5) is 28.9 Å². The van der Waals surface area contributed by atoms with Crippen LogP contribution in [0.3, 0.4) is 0 Å². The van der Waals surface area contributed by atoms with Gasteiger partial charge in [0.2, 0.25) is 0 Å². The summed E-state index contributed by atoms with van der Waals surface area (Å²) in [6.45, 7) is -1.02. The highest BCUT2D eigenvalue weighted by atomic mass is 19.3. The van der Waals surface area contributed by atoms with Gasteiger partial charge in [0.1, 0.15) is 5.60 Å². The van der Waals surface area contributed by atoms with Crippen molar-refractivity contribution in [3.63, 3.8) is 0 Å². The van der Waals surface area contributed by atoms with Gasteiger partial charge in [-0.05, 0) is 62.7 Å². The van der Waals surface area contributed by atoms with Crippen molar-refractivity contribution in [2.24, 2.45) is 0 Å². The Bertz CT molecular complexity index is 1140.